The van der Waals surface area contributed by atoms with Crippen molar-refractivity contribution in [2.45, 2.75) is 11.7 Å². The number of carbonyl (C=O) groups is 1. The summed E-state index contributed by atoms with van der Waals surface area (Å²) in [5.74, 6) is -0.511. The molecule has 1 atom stereocenters. The first-order valence-corrected chi connectivity index (χ1v) is 7.38. The zero-order chi connectivity index (χ0) is 14.4. The van der Waals surface area contributed by atoms with Gasteiger partial charge in [-0.1, -0.05) is 23.2 Å². The Labute approximate surface area is 119 Å². The zero-order valence-corrected chi connectivity index (χ0v) is 11.8. The lowest BCUT2D eigenvalue weighted by Gasteiger charge is -2.17. The van der Waals surface area contributed by atoms with E-state index in [-0.39, 0.29) is 22.3 Å². The topological polar surface area (TPSA) is 80.5 Å². The van der Waals surface area contributed by atoms with Gasteiger partial charge in [0.25, 0.3) is 0 Å². The number of carbonyl (C=O) groups excluding carboxylic acids is 1. The van der Waals surface area contributed by atoms with Crippen LogP contribution in [0.1, 0.15) is 6.42 Å². The highest BCUT2D eigenvalue weighted by Gasteiger charge is 2.39. The van der Waals surface area contributed by atoms with E-state index in [1.165, 1.54) is 12.1 Å². The van der Waals surface area contributed by atoms with Gasteiger partial charge in [-0.3, -0.25) is 4.79 Å². The number of hydrogen-bond donors (Lipinski definition) is 1. The van der Waals surface area contributed by atoms with Crippen molar-refractivity contribution in [3.63, 3.8) is 0 Å². The van der Waals surface area contributed by atoms with Crippen molar-refractivity contribution in [2.75, 3.05) is 17.2 Å². The summed E-state index contributed by atoms with van der Waals surface area (Å²) in [4.78, 5) is 12.8. The predicted octanol–water partition coefficient (Wildman–Crippen LogP) is 1.98. The molecule has 0 aliphatic carbocycles. The second kappa shape index (κ2) is 4.81. The summed E-state index contributed by atoms with van der Waals surface area (Å²) < 4.78 is 34.6. The van der Waals surface area contributed by atoms with E-state index >= 15 is 0 Å². The fourth-order valence-corrected chi connectivity index (χ4v) is 2.98. The number of amides is 1. The van der Waals surface area contributed by atoms with Gasteiger partial charge in [0.1, 0.15) is 5.25 Å². The van der Waals surface area contributed by atoms with Crippen molar-refractivity contribution in [2.24, 2.45) is 0 Å². The molecule has 1 fully saturated rings. The fourth-order valence-electron chi connectivity index (χ4n) is 1.84. The highest BCUT2D eigenvalue weighted by molar-refractivity contribution is 7.87. The molecule has 9 heteroatoms. The van der Waals surface area contributed by atoms with Gasteiger partial charge in [-0.2, -0.15) is 8.42 Å². The van der Waals surface area contributed by atoms with Crippen molar-refractivity contribution < 1.29 is 17.1 Å². The number of nitrogens with zero attached hydrogens (tertiary/aromatic N) is 1. The molecule has 2 rings (SSSR count). The third-order valence-electron chi connectivity index (χ3n) is 2.86. The smallest absolute Gasteiger partial charge is 0.307 e. The fraction of sp³-hybridized carbons (Fsp3) is 0.300. The summed E-state index contributed by atoms with van der Waals surface area (Å²) in [6, 6.07) is 2.77. The molecule has 19 heavy (non-hydrogen) atoms. The van der Waals surface area contributed by atoms with Crippen LogP contribution in [0.25, 0.3) is 0 Å². The molecule has 0 spiro atoms. The minimum Gasteiger partial charge on any atom is -0.396 e. The Hall–Kier alpha value is -1.05. The van der Waals surface area contributed by atoms with Crippen LogP contribution in [0.2, 0.25) is 10.0 Å². The number of benzene rings is 1. The Morgan fingerprint density at radius 3 is 2.26 bits per heavy atom. The number of nitrogen functional groups attached to an aromatic ring is 1. The van der Waals surface area contributed by atoms with Gasteiger partial charge in [0.2, 0.25) is 5.91 Å². The lowest BCUT2D eigenvalue weighted by atomic mass is 10.2. The summed E-state index contributed by atoms with van der Waals surface area (Å²) in [5.41, 5.74) is 6.01. The number of hydrogen-bond acceptors (Lipinski definition) is 4. The molecule has 1 aliphatic heterocycles. The molecule has 1 aromatic rings. The summed E-state index contributed by atoms with van der Waals surface area (Å²) in [7, 11) is -4.76. The van der Waals surface area contributed by atoms with E-state index in [0.717, 1.165) is 4.90 Å². The van der Waals surface area contributed by atoms with Gasteiger partial charge in [0.05, 0.1) is 15.7 Å². The molecule has 104 valence electrons. The van der Waals surface area contributed by atoms with Crippen LogP contribution in [0, 0.1) is 0 Å². The van der Waals surface area contributed by atoms with Crippen molar-refractivity contribution in [1.29, 1.82) is 0 Å². The highest BCUT2D eigenvalue weighted by Crippen LogP contribution is 2.35. The van der Waals surface area contributed by atoms with Crippen LogP contribution in [0.15, 0.2) is 12.1 Å². The van der Waals surface area contributed by atoms with Crippen LogP contribution < -0.4 is 10.6 Å². The summed E-state index contributed by atoms with van der Waals surface area (Å²) in [6.07, 6.45) is -0.404. The van der Waals surface area contributed by atoms with E-state index in [2.05, 4.69) is 0 Å². The van der Waals surface area contributed by atoms with Gasteiger partial charge in [0, 0.05) is 18.7 Å². The maximum Gasteiger partial charge on any atom is 0.307 e. The Morgan fingerprint density at radius 2 is 1.84 bits per heavy atom. The Morgan fingerprint density at radius 1 is 1.32 bits per heavy atom. The largest absolute Gasteiger partial charge is 0.396 e. The second-order valence-corrected chi connectivity index (χ2v) is 6.56. The van der Waals surface area contributed by atoms with Crippen molar-refractivity contribution >= 4 is 50.7 Å². The predicted molar refractivity (Wildman–Crippen MR) is 71.7 cm³/mol. The summed E-state index contributed by atoms with van der Waals surface area (Å²) in [5, 5.41) is -1.08. The van der Waals surface area contributed by atoms with E-state index in [4.69, 9.17) is 28.9 Å². The average molecular weight is 327 g/mol. The molecule has 1 saturated heterocycles. The molecule has 1 heterocycles. The second-order valence-electron chi connectivity index (χ2n) is 4.13. The van der Waals surface area contributed by atoms with E-state index in [0.29, 0.717) is 5.69 Å². The van der Waals surface area contributed by atoms with Crippen molar-refractivity contribution in [1.82, 2.24) is 0 Å². The Balaban J connectivity index is 2.36. The molecule has 5 nitrogen and oxygen atoms in total. The van der Waals surface area contributed by atoms with E-state index in [1.54, 1.807) is 0 Å². The Bertz CT molecular complexity index is 627. The first kappa shape index (κ1) is 14.4. The molecular weight excluding hydrogens is 318 g/mol. The third kappa shape index (κ3) is 2.77. The maximum atomic E-state index is 12.9. The number of nitrogens with two attached hydrogens (primary N) is 1. The summed E-state index contributed by atoms with van der Waals surface area (Å²) >= 11 is 11.7. The number of anilines is 2. The molecule has 1 aliphatic rings. The maximum absolute atomic E-state index is 12.9. The monoisotopic (exact) mass is 326 g/mol. The SMILES string of the molecule is Nc1c(Cl)cc(N2CC(S(=O)(=O)F)CC2=O)cc1Cl. The molecule has 0 bridgehead atoms. The molecule has 1 amide bonds. The average Bonchev–Trinajstić information content (AvgIpc) is 2.67. The van der Waals surface area contributed by atoms with Crippen molar-refractivity contribution in [3.8, 4) is 0 Å². The molecule has 0 aromatic heterocycles. The van der Waals surface area contributed by atoms with Gasteiger partial charge in [-0.25, -0.2) is 0 Å². The molecule has 0 saturated carbocycles. The lowest BCUT2D eigenvalue weighted by Crippen LogP contribution is -2.26. The molecule has 2 N–H and O–H groups in total. The van der Waals surface area contributed by atoms with Crippen LogP contribution in [0.3, 0.4) is 0 Å². The van der Waals surface area contributed by atoms with Gasteiger partial charge < -0.3 is 10.6 Å². The van der Waals surface area contributed by atoms with Gasteiger partial charge in [-0.15, -0.1) is 3.89 Å². The number of halogens is 3. The van der Waals surface area contributed by atoms with Crippen molar-refractivity contribution in [3.05, 3.63) is 22.2 Å². The third-order valence-corrected chi connectivity index (χ3v) is 4.60. The van der Waals surface area contributed by atoms with E-state index < -0.39 is 27.8 Å². The molecule has 1 aromatic carbocycles. The summed E-state index contributed by atoms with van der Waals surface area (Å²) in [6.45, 7) is -0.270. The Kier molecular flexibility index (Phi) is 3.63. The van der Waals surface area contributed by atoms with Crippen LogP contribution in [-0.2, 0) is 15.0 Å². The van der Waals surface area contributed by atoms with Gasteiger partial charge in [0.15, 0.2) is 0 Å². The molecule has 0 radical (unpaired) electrons. The highest BCUT2D eigenvalue weighted by atomic mass is 35.5. The normalized spacial score (nSPS) is 20.1. The molecule has 1 unspecified atom stereocenters. The van der Waals surface area contributed by atoms with Crippen LogP contribution >= 0.6 is 23.2 Å². The quantitative estimate of drug-likeness (QED) is 0.665. The first-order valence-electron chi connectivity index (χ1n) is 5.18. The van der Waals surface area contributed by atoms with Crippen LogP contribution in [0.5, 0.6) is 0 Å². The molecular formula is C10H9Cl2FN2O3S. The van der Waals surface area contributed by atoms with E-state index in [9.17, 15) is 17.1 Å². The minimum atomic E-state index is -4.76. The number of rotatable bonds is 2. The lowest BCUT2D eigenvalue weighted by molar-refractivity contribution is -0.117. The minimum absolute atomic E-state index is 0.141. The standard InChI is InChI=1S/C10H9Cl2FN2O3S/c11-7-1-5(2-8(12)10(7)14)15-4-6(3-9(15)16)19(13,17)18/h1-2,6H,3-4,14H2. The zero-order valence-electron chi connectivity index (χ0n) is 9.44. The van der Waals surface area contributed by atoms with Crippen LogP contribution in [-0.4, -0.2) is 26.1 Å². The van der Waals surface area contributed by atoms with Gasteiger partial charge >= 0.3 is 10.2 Å². The first-order chi connectivity index (χ1) is 8.70. The van der Waals surface area contributed by atoms with Gasteiger partial charge in [-0.05, 0) is 12.1 Å². The van der Waals surface area contributed by atoms with Crippen LogP contribution in [0.4, 0.5) is 15.3 Å². The van der Waals surface area contributed by atoms with E-state index in [1.807, 2.05) is 0 Å².